The third kappa shape index (κ3) is 1.52. The molecule has 3 rings (SSSR count). The van der Waals surface area contributed by atoms with Crippen LogP contribution in [0.4, 0.5) is 0 Å². The van der Waals surface area contributed by atoms with Crippen LogP contribution in [-0.4, -0.2) is 10.2 Å². The molecule has 2 aromatic rings. The van der Waals surface area contributed by atoms with Gasteiger partial charge in [-0.15, -0.1) is 0 Å². The predicted molar refractivity (Wildman–Crippen MR) is 65.5 cm³/mol. The molecule has 0 amide bonds. The summed E-state index contributed by atoms with van der Waals surface area (Å²) in [4.78, 5) is 0. The minimum atomic E-state index is 0.681. The SMILES string of the molecule is BrCc1c(-c2ccoc2)n[nH]c1C1CCC1. The Hall–Kier alpha value is -1.03. The maximum absolute atomic E-state index is 5.11. The van der Waals surface area contributed by atoms with Gasteiger partial charge in [0.2, 0.25) is 0 Å². The van der Waals surface area contributed by atoms with Crippen molar-refractivity contribution < 1.29 is 4.42 Å². The molecule has 0 saturated heterocycles. The zero-order valence-corrected chi connectivity index (χ0v) is 10.5. The van der Waals surface area contributed by atoms with Crippen LogP contribution in [0.15, 0.2) is 23.0 Å². The Labute approximate surface area is 102 Å². The van der Waals surface area contributed by atoms with E-state index in [1.165, 1.54) is 30.5 Å². The lowest BCUT2D eigenvalue weighted by molar-refractivity contribution is 0.409. The lowest BCUT2D eigenvalue weighted by Gasteiger charge is -2.24. The largest absolute Gasteiger partial charge is 0.472 e. The summed E-state index contributed by atoms with van der Waals surface area (Å²) in [5, 5.41) is 8.45. The fraction of sp³-hybridized carbons (Fsp3) is 0.417. The van der Waals surface area contributed by atoms with Crippen LogP contribution in [0.3, 0.4) is 0 Å². The second-order valence-electron chi connectivity index (χ2n) is 4.24. The van der Waals surface area contributed by atoms with Gasteiger partial charge in [-0.25, -0.2) is 0 Å². The summed E-state index contributed by atoms with van der Waals surface area (Å²) in [6.45, 7) is 0. The Kier molecular flexibility index (Phi) is 2.59. The van der Waals surface area contributed by atoms with Gasteiger partial charge in [-0.05, 0) is 18.9 Å². The van der Waals surface area contributed by atoms with Gasteiger partial charge in [0.15, 0.2) is 0 Å². The predicted octanol–water partition coefficient (Wildman–Crippen LogP) is 3.83. The van der Waals surface area contributed by atoms with E-state index in [1.807, 2.05) is 6.07 Å². The lowest BCUT2D eigenvalue weighted by atomic mass is 9.81. The Morgan fingerprint density at radius 2 is 2.38 bits per heavy atom. The van der Waals surface area contributed by atoms with Crippen LogP contribution in [-0.2, 0) is 5.33 Å². The molecule has 0 atom stereocenters. The summed E-state index contributed by atoms with van der Waals surface area (Å²) in [5.41, 5.74) is 4.66. The van der Waals surface area contributed by atoms with Crippen molar-refractivity contribution in [3.8, 4) is 11.3 Å². The van der Waals surface area contributed by atoms with Crippen molar-refractivity contribution in [2.45, 2.75) is 30.5 Å². The maximum Gasteiger partial charge on any atom is 0.0997 e. The summed E-state index contributed by atoms with van der Waals surface area (Å²) in [5.74, 6) is 0.681. The molecule has 0 radical (unpaired) electrons. The highest BCUT2D eigenvalue weighted by Gasteiger charge is 2.26. The molecular weight excluding hydrogens is 268 g/mol. The third-order valence-corrected chi connectivity index (χ3v) is 3.90. The molecule has 0 aromatic carbocycles. The molecular formula is C12H13BrN2O. The molecule has 0 bridgehead atoms. The summed E-state index contributed by atoms with van der Waals surface area (Å²) in [7, 11) is 0. The average molecular weight is 281 g/mol. The number of nitrogens with one attached hydrogen (secondary N) is 1. The third-order valence-electron chi connectivity index (χ3n) is 3.34. The van der Waals surface area contributed by atoms with Crippen molar-refractivity contribution >= 4 is 15.9 Å². The molecule has 16 heavy (non-hydrogen) atoms. The second kappa shape index (κ2) is 4.09. The molecule has 84 valence electrons. The van der Waals surface area contributed by atoms with E-state index in [4.69, 9.17) is 4.42 Å². The van der Waals surface area contributed by atoms with Crippen LogP contribution < -0.4 is 0 Å². The highest BCUT2D eigenvalue weighted by Crippen LogP contribution is 2.40. The fourth-order valence-electron chi connectivity index (χ4n) is 2.19. The van der Waals surface area contributed by atoms with Gasteiger partial charge in [0.1, 0.15) is 0 Å². The maximum atomic E-state index is 5.11. The number of rotatable bonds is 3. The zero-order valence-electron chi connectivity index (χ0n) is 8.87. The number of alkyl halides is 1. The minimum absolute atomic E-state index is 0.681. The molecule has 3 nitrogen and oxygen atoms in total. The Morgan fingerprint density at radius 1 is 1.50 bits per heavy atom. The number of aromatic nitrogens is 2. The Balaban J connectivity index is 2.02. The van der Waals surface area contributed by atoms with Gasteiger partial charge in [-0.2, -0.15) is 5.10 Å². The van der Waals surface area contributed by atoms with E-state index in [1.54, 1.807) is 12.5 Å². The van der Waals surface area contributed by atoms with E-state index in [0.29, 0.717) is 5.92 Å². The Morgan fingerprint density at radius 3 is 2.94 bits per heavy atom. The first-order chi connectivity index (χ1) is 7.90. The number of halogens is 1. The van der Waals surface area contributed by atoms with Crippen LogP contribution >= 0.6 is 15.9 Å². The van der Waals surface area contributed by atoms with Gasteiger partial charge in [0.25, 0.3) is 0 Å². The number of nitrogens with zero attached hydrogens (tertiary/aromatic N) is 1. The molecule has 0 aliphatic heterocycles. The molecule has 4 heteroatoms. The van der Waals surface area contributed by atoms with Gasteiger partial charge >= 0.3 is 0 Å². The van der Waals surface area contributed by atoms with E-state index >= 15 is 0 Å². The number of aromatic amines is 1. The van der Waals surface area contributed by atoms with E-state index in [2.05, 4.69) is 26.1 Å². The van der Waals surface area contributed by atoms with E-state index in [-0.39, 0.29) is 0 Å². The average Bonchev–Trinajstić information content (AvgIpc) is 2.81. The number of hydrogen-bond acceptors (Lipinski definition) is 2. The normalized spacial score (nSPS) is 16.3. The smallest absolute Gasteiger partial charge is 0.0997 e. The van der Waals surface area contributed by atoms with Crippen LogP contribution in [0.2, 0.25) is 0 Å². The quantitative estimate of drug-likeness (QED) is 0.869. The van der Waals surface area contributed by atoms with Gasteiger partial charge < -0.3 is 4.42 Å². The fourth-order valence-corrected chi connectivity index (χ4v) is 2.75. The molecule has 1 fully saturated rings. The van der Waals surface area contributed by atoms with Gasteiger partial charge in [-0.3, -0.25) is 5.10 Å². The second-order valence-corrected chi connectivity index (χ2v) is 4.80. The van der Waals surface area contributed by atoms with Crippen molar-refractivity contribution in [3.63, 3.8) is 0 Å². The summed E-state index contributed by atoms with van der Waals surface area (Å²) < 4.78 is 5.11. The van der Waals surface area contributed by atoms with Crippen molar-refractivity contribution in [2.24, 2.45) is 0 Å². The molecule has 2 aromatic heterocycles. The van der Waals surface area contributed by atoms with Crippen molar-refractivity contribution in [1.82, 2.24) is 10.2 Å². The minimum Gasteiger partial charge on any atom is -0.472 e. The summed E-state index contributed by atoms with van der Waals surface area (Å²) in [6, 6.07) is 1.95. The Bertz CT molecular complexity index is 471. The van der Waals surface area contributed by atoms with E-state index < -0.39 is 0 Å². The first-order valence-electron chi connectivity index (χ1n) is 5.56. The van der Waals surface area contributed by atoms with E-state index in [9.17, 15) is 0 Å². The van der Waals surface area contributed by atoms with E-state index in [0.717, 1.165) is 16.6 Å². The summed E-state index contributed by atoms with van der Waals surface area (Å²) in [6.07, 6.45) is 7.34. The van der Waals surface area contributed by atoms with Gasteiger partial charge in [-0.1, -0.05) is 22.4 Å². The van der Waals surface area contributed by atoms with Gasteiger partial charge in [0, 0.05) is 28.1 Å². The molecule has 0 unspecified atom stereocenters. The molecule has 1 N–H and O–H groups in total. The zero-order chi connectivity index (χ0) is 11.0. The van der Waals surface area contributed by atoms with Crippen LogP contribution in [0.1, 0.15) is 36.4 Å². The topological polar surface area (TPSA) is 41.8 Å². The monoisotopic (exact) mass is 280 g/mol. The van der Waals surface area contributed by atoms with Crippen molar-refractivity contribution in [2.75, 3.05) is 0 Å². The van der Waals surface area contributed by atoms with Crippen LogP contribution in [0.5, 0.6) is 0 Å². The lowest BCUT2D eigenvalue weighted by Crippen LogP contribution is -2.10. The van der Waals surface area contributed by atoms with Crippen molar-refractivity contribution in [1.29, 1.82) is 0 Å². The molecule has 1 aliphatic rings. The first kappa shape index (κ1) is 10.1. The van der Waals surface area contributed by atoms with Crippen molar-refractivity contribution in [3.05, 3.63) is 29.9 Å². The molecule has 1 saturated carbocycles. The number of H-pyrrole nitrogens is 1. The van der Waals surface area contributed by atoms with Gasteiger partial charge in [0.05, 0.1) is 18.2 Å². The highest BCUT2D eigenvalue weighted by molar-refractivity contribution is 9.08. The number of hydrogen-bond donors (Lipinski definition) is 1. The molecule has 1 aliphatic carbocycles. The van der Waals surface area contributed by atoms with Crippen LogP contribution in [0, 0.1) is 0 Å². The molecule has 0 spiro atoms. The highest BCUT2D eigenvalue weighted by atomic mass is 79.9. The van der Waals surface area contributed by atoms with Crippen LogP contribution in [0.25, 0.3) is 11.3 Å². The molecule has 2 heterocycles. The standard InChI is InChI=1S/C12H13BrN2O/c13-6-10-11(8-2-1-3-8)14-15-12(10)9-4-5-16-7-9/h4-5,7-8H,1-3,6H2,(H,14,15). The number of furan rings is 1. The summed E-state index contributed by atoms with van der Waals surface area (Å²) >= 11 is 3.55. The first-order valence-corrected chi connectivity index (χ1v) is 6.68.